The van der Waals surface area contributed by atoms with Crippen LogP contribution in [0.3, 0.4) is 0 Å². The maximum Gasteiger partial charge on any atom is 0.341 e. The first-order chi connectivity index (χ1) is 7.76. The molecule has 1 aromatic rings. The molecule has 0 radical (unpaired) electrons. The molecule has 0 fully saturated rings. The van der Waals surface area contributed by atoms with Crippen LogP contribution in [0.2, 0.25) is 10.0 Å². The smallest absolute Gasteiger partial charge is 0.341 e. The lowest BCUT2D eigenvalue weighted by molar-refractivity contribution is 0.00699. The largest absolute Gasteiger partial charge is 0.456 e. The highest BCUT2D eigenvalue weighted by Gasteiger charge is 2.23. The number of ether oxygens (including phenoxy) is 1. The van der Waals surface area contributed by atoms with Crippen molar-refractivity contribution in [2.75, 3.05) is 0 Å². The highest BCUT2D eigenvalue weighted by molar-refractivity contribution is 6.39. The Morgan fingerprint density at radius 3 is 2.41 bits per heavy atom. The fraction of sp³-hybridized carbons (Fsp3) is 0.417. The van der Waals surface area contributed by atoms with E-state index in [0.29, 0.717) is 5.56 Å². The van der Waals surface area contributed by atoms with Crippen molar-refractivity contribution in [3.63, 3.8) is 0 Å². The molecule has 1 aromatic carbocycles. The SMILES string of the molecule is CC(C)(C)OC(=O)c1c(Cl)ccc(CN)c1Cl. The Labute approximate surface area is 111 Å². The van der Waals surface area contributed by atoms with Gasteiger partial charge in [0.05, 0.1) is 15.6 Å². The molecule has 0 aromatic heterocycles. The van der Waals surface area contributed by atoms with E-state index in [1.165, 1.54) is 0 Å². The molecule has 0 aliphatic rings. The second-order valence-corrected chi connectivity index (χ2v) is 5.39. The molecule has 0 saturated carbocycles. The lowest BCUT2D eigenvalue weighted by atomic mass is 10.1. The van der Waals surface area contributed by atoms with Gasteiger partial charge in [0.2, 0.25) is 0 Å². The van der Waals surface area contributed by atoms with Crippen LogP contribution in [0, 0.1) is 0 Å². The van der Waals surface area contributed by atoms with Crippen molar-refractivity contribution in [2.24, 2.45) is 5.73 Å². The second-order valence-electron chi connectivity index (χ2n) is 4.60. The summed E-state index contributed by atoms with van der Waals surface area (Å²) in [6.07, 6.45) is 0. The number of halogens is 2. The number of carbonyl (C=O) groups is 1. The summed E-state index contributed by atoms with van der Waals surface area (Å²) in [4.78, 5) is 11.9. The summed E-state index contributed by atoms with van der Waals surface area (Å²) in [5.41, 5.74) is 5.76. The molecule has 0 amide bonds. The van der Waals surface area contributed by atoms with Gasteiger partial charge in [-0.05, 0) is 32.4 Å². The molecular formula is C12H15Cl2NO2. The molecule has 1 rings (SSSR count). The van der Waals surface area contributed by atoms with Gasteiger partial charge in [-0.15, -0.1) is 0 Å². The zero-order chi connectivity index (χ0) is 13.2. The van der Waals surface area contributed by atoms with Crippen LogP contribution in [0.25, 0.3) is 0 Å². The van der Waals surface area contributed by atoms with E-state index in [2.05, 4.69) is 0 Å². The number of hydrogen-bond acceptors (Lipinski definition) is 3. The van der Waals surface area contributed by atoms with Gasteiger partial charge >= 0.3 is 5.97 Å². The maximum atomic E-state index is 11.9. The Kier molecular flexibility index (Phi) is 4.42. The molecule has 0 aliphatic heterocycles. The molecule has 5 heteroatoms. The fourth-order valence-corrected chi connectivity index (χ4v) is 1.87. The summed E-state index contributed by atoms with van der Waals surface area (Å²) in [6, 6.07) is 3.29. The van der Waals surface area contributed by atoms with E-state index in [4.69, 9.17) is 33.7 Å². The Hall–Kier alpha value is -0.770. The molecule has 17 heavy (non-hydrogen) atoms. The summed E-state index contributed by atoms with van der Waals surface area (Å²) in [7, 11) is 0. The predicted molar refractivity (Wildman–Crippen MR) is 69.5 cm³/mol. The third-order valence-corrected chi connectivity index (χ3v) is 2.74. The first-order valence-corrected chi connectivity index (χ1v) is 5.92. The summed E-state index contributed by atoms with van der Waals surface area (Å²) in [5, 5.41) is 0.524. The minimum atomic E-state index is -0.595. The van der Waals surface area contributed by atoms with Gasteiger partial charge in [0.15, 0.2) is 0 Å². The molecule has 3 nitrogen and oxygen atoms in total. The van der Waals surface area contributed by atoms with Crippen LogP contribution < -0.4 is 5.73 Å². The number of rotatable bonds is 2. The average Bonchev–Trinajstić information content (AvgIpc) is 2.15. The molecule has 0 atom stereocenters. The van der Waals surface area contributed by atoms with E-state index in [1.54, 1.807) is 32.9 Å². The molecular weight excluding hydrogens is 261 g/mol. The van der Waals surface area contributed by atoms with Crippen molar-refractivity contribution in [3.8, 4) is 0 Å². The van der Waals surface area contributed by atoms with Gasteiger partial charge in [0.25, 0.3) is 0 Å². The van der Waals surface area contributed by atoms with E-state index in [9.17, 15) is 4.79 Å². The minimum absolute atomic E-state index is 0.172. The Bertz CT molecular complexity index is 439. The van der Waals surface area contributed by atoms with Crippen molar-refractivity contribution in [1.82, 2.24) is 0 Å². The molecule has 0 unspecified atom stereocenters. The van der Waals surface area contributed by atoms with E-state index in [-0.39, 0.29) is 22.2 Å². The van der Waals surface area contributed by atoms with Crippen molar-refractivity contribution in [3.05, 3.63) is 33.3 Å². The zero-order valence-corrected chi connectivity index (χ0v) is 11.5. The van der Waals surface area contributed by atoms with Crippen LogP contribution >= 0.6 is 23.2 Å². The standard InChI is InChI=1S/C12H15Cl2NO2/c1-12(2,3)17-11(16)9-8(13)5-4-7(6-15)10(9)14/h4-5H,6,15H2,1-3H3. The van der Waals surface area contributed by atoms with Crippen LogP contribution in [0.15, 0.2) is 12.1 Å². The topological polar surface area (TPSA) is 52.3 Å². The van der Waals surface area contributed by atoms with Gasteiger partial charge in [-0.2, -0.15) is 0 Å². The van der Waals surface area contributed by atoms with E-state index in [1.807, 2.05) is 0 Å². The molecule has 0 aliphatic carbocycles. The van der Waals surface area contributed by atoms with Gasteiger partial charge in [-0.3, -0.25) is 0 Å². The van der Waals surface area contributed by atoms with Gasteiger partial charge in [-0.25, -0.2) is 4.79 Å². The summed E-state index contributed by atoms with van der Waals surface area (Å²) in [5.74, 6) is -0.539. The van der Waals surface area contributed by atoms with Crippen LogP contribution in [0.5, 0.6) is 0 Å². The van der Waals surface area contributed by atoms with Crippen LogP contribution in [-0.2, 0) is 11.3 Å². The predicted octanol–water partition coefficient (Wildman–Crippen LogP) is 3.41. The van der Waals surface area contributed by atoms with Crippen molar-refractivity contribution in [2.45, 2.75) is 32.9 Å². The molecule has 94 valence electrons. The molecule has 0 spiro atoms. The van der Waals surface area contributed by atoms with Gasteiger partial charge in [-0.1, -0.05) is 29.3 Å². The number of nitrogens with two attached hydrogens (primary N) is 1. The quantitative estimate of drug-likeness (QED) is 0.842. The normalized spacial score (nSPS) is 11.4. The summed E-state index contributed by atoms with van der Waals surface area (Å²) in [6.45, 7) is 5.57. The maximum absolute atomic E-state index is 11.9. The summed E-state index contributed by atoms with van der Waals surface area (Å²) >= 11 is 12.0. The highest BCUT2D eigenvalue weighted by Crippen LogP contribution is 2.29. The van der Waals surface area contributed by atoms with Crippen LogP contribution in [0.1, 0.15) is 36.7 Å². The third kappa shape index (κ3) is 3.60. The van der Waals surface area contributed by atoms with E-state index in [0.717, 1.165) is 0 Å². The fourth-order valence-electron chi connectivity index (χ4n) is 1.27. The first kappa shape index (κ1) is 14.3. The average molecular weight is 276 g/mol. The number of benzene rings is 1. The van der Waals surface area contributed by atoms with Crippen molar-refractivity contribution in [1.29, 1.82) is 0 Å². The molecule has 0 saturated heterocycles. The van der Waals surface area contributed by atoms with Gasteiger partial charge < -0.3 is 10.5 Å². The highest BCUT2D eigenvalue weighted by atomic mass is 35.5. The lowest BCUT2D eigenvalue weighted by Crippen LogP contribution is -2.24. The monoisotopic (exact) mass is 275 g/mol. The van der Waals surface area contributed by atoms with Crippen LogP contribution in [0.4, 0.5) is 0 Å². The van der Waals surface area contributed by atoms with Gasteiger partial charge in [0.1, 0.15) is 5.60 Å². The Balaban J connectivity index is 3.17. The van der Waals surface area contributed by atoms with Crippen LogP contribution in [-0.4, -0.2) is 11.6 Å². The summed E-state index contributed by atoms with van der Waals surface area (Å²) < 4.78 is 5.24. The number of esters is 1. The third-order valence-electron chi connectivity index (χ3n) is 1.99. The minimum Gasteiger partial charge on any atom is -0.456 e. The van der Waals surface area contributed by atoms with E-state index >= 15 is 0 Å². The molecule has 0 heterocycles. The lowest BCUT2D eigenvalue weighted by Gasteiger charge is -2.20. The molecule has 2 N–H and O–H groups in total. The number of hydrogen-bond donors (Lipinski definition) is 1. The van der Waals surface area contributed by atoms with Crippen molar-refractivity contribution >= 4 is 29.2 Å². The second kappa shape index (κ2) is 5.25. The Morgan fingerprint density at radius 2 is 1.94 bits per heavy atom. The number of carbonyl (C=O) groups excluding carboxylic acids is 1. The van der Waals surface area contributed by atoms with Crippen molar-refractivity contribution < 1.29 is 9.53 Å². The zero-order valence-electron chi connectivity index (χ0n) is 10.0. The molecule has 0 bridgehead atoms. The van der Waals surface area contributed by atoms with E-state index < -0.39 is 11.6 Å². The first-order valence-electron chi connectivity index (χ1n) is 5.16. The van der Waals surface area contributed by atoms with Gasteiger partial charge in [0, 0.05) is 6.54 Å². The Morgan fingerprint density at radius 1 is 1.35 bits per heavy atom.